The number of nitrogens with zero attached hydrogens (tertiary/aromatic N) is 1. The largest absolute Gasteiger partial charge is 0.478 e. The molecule has 1 N–H and O–H groups in total. The number of carboxylic acids is 1. The van der Waals surface area contributed by atoms with Crippen molar-refractivity contribution in [2.45, 2.75) is 33.3 Å². The van der Waals surface area contributed by atoms with Gasteiger partial charge in [-0.2, -0.15) is 0 Å². The van der Waals surface area contributed by atoms with Gasteiger partial charge in [-0.3, -0.25) is 9.59 Å². The molecule has 0 aliphatic heterocycles. The van der Waals surface area contributed by atoms with Crippen LogP contribution in [0.5, 0.6) is 0 Å². The van der Waals surface area contributed by atoms with Crippen LogP contribution in [-0.2, 0) is 14.3 Å². The van der Waals surface area contributed by atoms with E-state index in [1.54, 1.807) is 45.9 Å². The van der Waals surface area contributed by atoms with E-state index in [4.69, 9.17) is 9.84 Å². The minimum absolute atomic E-state index is 0.171. The molecule has 6 heteroatoms. The summed E-state index contributed by atoms with van der Waals surface area (Å²) in [6.45, 7) is 10.6. The highest BCUT2D eigenvalue weighted by atomic mass is 16.6. The van der Waals surface area contributed by atoms with Crippen molar-refractivity contribution < 1.29 is 24.2 Å². The molecule has 0 aliphatic rings. The van der Waals surface area contributed by atoms with Crippen LogP contribution >= 0.6 is 0 Å². The molecular formula is C20H25NO5. The Balaban J connectivity index is 2.90. The van der Waals surface area contributed by atoms with Gasteiger partial charge in [0.2, 0.25) is 5.91 Å². The Morgan fingerprint density at radius 3 is 2.23 bits per heavy atom. The number of hydrogen-bond acceptors (Lipinski definition) is 4. The molecule has 26 heavy (non-hydrogen) atoms. The highest BCUT2D eigenvalue weighted by molar-refractivity contribution is 5.99. The number of rotatable bonds is 7. The summed E-state index contributed by atoms with van der Waals surface area (Å²) in [5.74, 6) is -1.83. The summed E-state index contributed by atoms with van der Waals surface area (Å²) < 4.78 is 5.26. The maximum Gasteiger partial charge on any atom is 0.335 e. The van der Waals surface area contributed by atoms with Crippen LogP contribution in [0.3, 0.4) is 0 Å². The van der Waals surface area contributed by atoms with Crippen molar-refractivity contribution in [1.29, 1.82) is 0 Å². The van der Waals surface area contributed by atoms with Crippen LogP contribution in [-0.4, -0.2) is 46.5 Å². The van der Waals surface area contributed by atoms with E-state index < -0.39 is 17.5 Å². The van der Waals surface area contributed by atoms with Crippen LogP contribution in [0.15, 0.2) is 42.5 Å². The Kier molecular flexibility index (Phi) is 7.31. The number of aromatic carboxylic acids is 1. The number of carboxylic acid groups (broad SMARTS) is 1. The van der Waals surface area contributed by atoms with Gasteiger partial charge >= 0.3 is 11.9 Å². The second-order valence-corrected chi connectivity index (χ2v) is 6.82. The average molecular weight is 359 g/mol. The summed E-state index contributed by atoms with van der Waals surface area (Å²) in [4.78, 5) is 36.8. The molecule has 1 aromatic carbocycles. The first kappa shape index (κ1) is 21.2. The van der Waals surface area contributed by atoms with Crippen molar-refractivity contribution in [3.8, 4) is 0 Å². The van der Waals surface area contributed by atoms with Crippen LogP contribution < -0.4 is 0 Å². The van der Waals surface area contributed by atoms with Gasteiger partial charge in [0.1, 0.15) is 12.1 Å². The van der Waals surface area contributed by atoms with Crippen molar-refractivity contribution in [1.82, 2.24) is 4.90 Å². The fourth-order valence-corrected chi connectivity index (χ4v) is 2.19. The fraction of sp³-hybridized carbons (Fsp3) is 0.350. The molecule has 1 aromatic rings. The Morgan fingerprint density at radius 2 is 1.77 bits per heavy atom. The lowest BCUT2D eigenvalue weighted by molar-refractivity contribution is -0.158. The van der Waals surface area contributed by atoms with E-state index in [-0.39, 0.29) is 24.6 Å². The van der Waals surface area contributed by atoms with Gasteiger partial charge in [0.25, 0.3) is 0 Å². The summed E-state index contributed by atoms with van der Waals surface area (Å²) in [5.41, 5.74) is 0.649. The van der Waals surface area contributed by atoms with E-state index in [1.807, 2.05) is 0 Å². The summed E-state index contributed by atoms with van der Waals surface area (Å²) in [5, 5.41) is 8.91. The highest BCUT2D eigenvalue weighted by Gasteiger charge is 2.22. The Hall–Kier alpha value is -2.89. The quantitative estimate of drug-likeness (QED) is 0.459. The summed E-state index contributed by atoms with van der Waals surface area (Å²) in [6.07, 6.45) is 3.18. The lowest BCUT2D eigenvalue weighted by atomic mass is 10.1. The van der Waals surface area contributed by atoms with Crippen molar-refractivity contribution in [2.24, 2.45) is 0 Å². The third-order valence-corrected chi connectivity index (χ3v) is 3.25. The van der Waals surface area contributed by atoms with E-state index in [1.165, 1.54) is 23.1 Å². The molecule has 0 aliphatic carbocycles. The number of ether oxygens (including phenoxy) is 1. The number of carbonyl (C=O) groups is 3. The van der Waals surface area contributed by atoms with Gasteiger partial charge in [-0.25, -0.2) is 4.79 Å². The third-order valence-electron chi connectivity index (χ3n) is 3.25. The first-order valence-electron chi connectivity index (χ1n) is 8.17. The molecule has 0 bridgehead atoms. The second-order valence-electron chi connectivity index (χ2n) is 6.82. The van der Waals surface area contributed by atoms with Gasteiger partial charge in [0, 0.05) is 12.1 Å². The number of hydrogen-bond donors (Lipinski definition) is 1. The summed E-state index contributed by atoms with van der Waals surface area (Å²) >= 11 is 0. The number of carbonyl (C=O) groups excluding carboxylic acids is 2. The van der Waals surface area contributed by atoms with Crippen LogP contribution in [0.2, 0.25) is 0 Å². The third kappa shape index (κ3) is 6.93. The number of amides is 1. The fourth-order valence-electron chi connectivity index (χ4n) is 2.19. The Bertz CT molecular complexity index is 711. The highest BCUT2D eigenvalue weighted by Crippen LogP contribution is 2.13. The minimum atomic E-state index is -1.01. The first-order valence-corrected chi connectivity index (χ1v) is 8.17. The molecule has 1 amide bonds. The zero-order valence-electron chi connectivity index (χ0n) is 15.6. The minimum Gasteiger partial charge on any atom is -0.478 e. The van der Waals surface area contributed by atoms with Crippen LogP contribution in [0.25, 0.3) is 6.08 Å². The van der Waals surface area contributed by atoms with Gasteiger partial charge in [-0.05, 0) is 51.5 Å². The maximum absolute atomic E-state index is 12.6. The molecule has 0 heterocycles. The molecule has 0 saturated heterocycles. The molecule has 0 saturated carbocycles. The van der Waals surface area contributed by atoms with Crippen LogP contribution in [0.4, 0.5) is 0 Å². The molecular weight excluding hydrogens is 334 g/mol. The molecule has 0 aromatic heterocycles. The van der Waals surface area contributed by atoms with Gasteiger partial charge in [-0.1, -0.05) is 18.2 Å². The lowest BCUT2D eigenvalue weighted by Crippen LogP contribution is -2.39. The summed E-state index contributed by atoms with van der Waals surface area (Å²) in [6, 6.07) is 6.17. The van der Waals surface area contributed by atoms with E-state index in [0.717, 1.165) is 0 Å². The predicted octanol–water partition coefficient (Wildman–Crippen LogP) is 3.14. The SMILES string of the molecule is C=CCN(CC(=O)OC(C)(C)C)C(=O)/C(C)=C/c1ccc(C(=O)O)cc1. The van der Waals surface area contributed by atoms with E-state index in [2.05, 4.69) is 6.58 Å². The molecule has 0 unspecified atom stereocenters. The van der Waals surface area contributed by atoms with Gasteiger partial charge < -0.3 is 14.7 Å². The predicted molar refractivity (Wildman–Crippen MR) is 99.7 cm³/mol. The van der Waals surface area contributed by atoms with Crippen molar-refractivity contribution in [2.75, 3.05) is 13.1 Å². The Morgan fingerprint density at radius 1 is 1.19 bits per heavy atom. The van der Waals surface area contributed by atoms with Gasteiger partial charge in [-0.15, -0.1) is 6.58 Å². The molecule has 0 fully saturated rings. The lowest BCUT2D eigenvalue weighted by Gasteiger charge is -2.24. The molecule has 0 radical (unpaired) electrons. The number of benzene rings is 1. The van der Waals surface area contributed by atoms with E-state index in [9.17, 15) is 14.4 Å². The van der Waals surface area contributed by atoms with Gasteiger partial charge in [0.15, 0.2) is 0 Å². The maximum atomic E-state index is 12.6. The van der Waals surface area contributed by atoms with Crippen LogP contribution in [0.1, 0.15) is 43.6 Å². The zero-order valence-corrected chi connectivity index (χ0v) is 15.6. The van der Waals surface area contributed by atoms with Crippen molar-refractivity contribution in [3.05, 3.63) is 53.6 Å². The zero-order chi connectivity index (χ0) is 19.9. The topological polar surface area (TPSA) is 83.9 Å². The average Bonchev–Trinajstić information content (AvgIpc) is 2.52. The Labute approximate surface area is 153 Å². The molecule has 1 rings (SSSR count). The molecule has 6 nitrogen and oxygen atoms in total. The number of esters is 1. The first-order chi connectivity index (χ1) is 12.0. The molecule has 140 valence electrons. The van der Waals surface area contributed by atoms with Crippen molar-refractivity contribution in [3.63, 3.8) is 0 Å². The normalized spacial score (nSPS) is 11.6. The van der Waals surface area contributed by atoms with Gasteiger partial charge in [0.05, 0.1) is 5.56 Å². The monoisotopic (exact) mass is 359 g/mol. The smallest absolute Gasteiger partial charge is 0.335 e. The van der Waals surface area contributed by atoms with E-state index >= 15 is 0 Å². The van der Waals surface area contributed by atoms with E-state index in [0.29, 0.717) is 11.1 Å². The summed E-state index contributed by atoms with van der Waals surface area (Å²) in [7, 11) is 0. The van der Waals surface area contributed by atoms with Crippen LogP contribution in [0, 0.1) is 0 Å². The molecule has 0 spiro atoms. The second kappa shape index (κ2) is 8.99. The molecule has 0 atom stereocenters. The standard InChI is InChI=1S/C20H25NO5/c1-6-11-21(13-17(22)26-20(3,4)5)18(23)14(2)12-15-7-9-16(10-8-15)19(24)25/h6-10,12H,1,11,13H2,2-5H3,(H,24,25)/b14-12+. The van der Waals surface area contributed by atoms with Crippen molar-refractivity contribution >= 4 is 23.9 Å².